The molecule has 0 aromatic carbocycles. The lowest BCUT2D eigenvalue weighted by Crippen LogP contribution is -2.10. The van der Waals surface area contributed by atoms with Crippen LogP contribution in [-0.4, -0.2) is 22.5 Å². The number of pyridine rings is 1. The average molecular weight is 291 g/mol. The van der Waals surface area contributed by atoms with Crippen LogP contribution in [0.3, 0.4) is 0 Å². The van der Waals surface area contributed by atoms with Crippen molar-refractivity contribution in [2.45, 2.75) is 12.3 Å². The van der Waals surface area contributed by atoms with E-state index in [0.717, 1.165) is 35.3 Å². The molecule has 5 heteroatoms. The van der Waals surface area contributed by atoms with Crippen LogP contribution in [0.2, 0.25) is 0 Å². The quantitative estimate of drug-likeness (QED) is 0.875. The van der Waals surface area contributed by atoms with Crippen molar-refractivity contribution in [1.29, 1.82) is 5.26 Å². The van der Waals surface area contributed by atoms with Gasteiger partial charge in [-0.05, 0) is 41.0 Å². The number of aromatic nitrogens is 2. The van der Waals surface area contributed by atoms with Gasteiger partial charge in [-0.15, -0.1) is 0 Å². The summed E-state index contributed by atoms with van der Waals surface area (Å²) in [5, 5.41) is 12.5. The summed E-state index contributed by atoms with van der Waals surface area (Å²) < 4.78 is 2.95. The molecule has 1 aliphatic heterocycles. The molecule has 1 saturated heterocycles. The maximum atomic E-state index is 9.15. The molecule has 3 heterocycles. The highest BCUT2D eigenvalue weighted by atomic mass is 79.9. The van der Waals surface area contributed by atoms with E-state index in [2.05, 4.69) is 32.3 Å². The van der Waals surface area contributed by atoms with Crippen molar-refractivity contribution >= 4 is 21.4 Å². The van der Waals surface area contributed by atoms with E-state index >= 15 is 0 Å². The summed E-state index contributed by atoms with van der Waals surface area (Å²) >= 11 is 3.48. The summed E-state index contributed by atoms with van der Waals surface area (Å²) in [4.78, 5) is 4.48. The lowest BCUT2D eigenvalue weighted by molar-refractivity contribution is 0.698. The highest BCUT2D eigenvalue weighted by Gasteiger charge is 2.23. The predicted octanol–water partition coefficient (Wildman–Crippen LogP) is 2.05. The van der Waals surface area contributed by atoms with Crippen LogP contribution in [0.25, 0.3) is 5.52 Å². The third-order valence-corrected chi connectivity index (χ3v) is 3.81. The number of nitriles is 1. The standard InChI is InChI=1S/C12H11BrN4/c13-9-2-1-5-17-11(9)10(6-14)16-12(17)8-3-4-15-7-8/h1-2,5,8,15H,3-4,7H2. The minimum absolute atomic E-state index is 0.402. The monoisotopic (exact) mass is 290 g/mol. The van der Waals surface area contributed by atoms with Crippen LogP contribution in [0.4, 0.5) is 0 Å². The first-order chi connectivity index (χ1) is 8.31. The molecule has 0 bridgehead atoms. The van der Waals surface area contributed by atoms with Crippen molar-refractivity contribution in [3.05, 3.63) is 34.3 Å². The average Bonchev–Trinajstić information content (AvgIpc) is 2.95. The summed E-state index contributed by atoms with van der Waals surface area (Å²) in [7, 11) is 0. The zero-order chi connectivity index (χ0) is 11.8. The van der Waals surface area contributed by atoms with Crippen LogP contribution < -0.4 is 5.32 Å². The minimum atomic E-state index is 0.402. The molecule has 17 heavy (non-hydrogen) atoms. The number of halogens is 1. The number of hydrogen-bond acceptors (Lipinski definition) is 3. The van der Waals surface area contributed by atoms with Gasteiger partial charge in [0, 0.05) is 23.1 Å². The van der Waals surface area contributed by atoms with Gasteiger partial charge in [0.2, 0.25) is 0 Å². The van der Waals surface area contributed by atoms with E-state index in [4.69, 9.17) is 5.26 Å². The van der Waals surface area contributed by atoms with E-state index in [1.807, 2.05) is 22.7 Å². The second-order valence-electron chi connectivity index (χ2n) is 4.19. The van der Waals surface area contributed by atoms with E-state index in [1.54, 1.807) is 0 Å². The summed E-state index contributed by atoms with van der Waals surface area (Å²) in [5.74, 6) is 1.39. The van der Waals surface area contributed by atoms with E-state index in [9.17, 15) is 0 Å². The van der Waals surface area contributed by atoms with Gasteiger partial charge < -0.3 is 9.72 Å². The SMILES string of the molecule is N#Cc1nc(C2CCNC2)n2cccc(Br)c12. The number of hydrogen-bond donors (Lipinski definition) is 1. The molecule has 1 aliphatic rings. The molecule has 3 rings (SSSR count). The Bertz CT molecular complexity index is 605. The Morgan fingerprint density at radius 1 is 1.59 bits per heavy atom. The summed E-state index contributed by atoms with van der Waals surface area (Å²) in [6, 6.07) is 6.08. The minimum Gasteiger partial charge on any atom is -0.316 e. The molecular weight excluding hydrogens is 280 g/mol. The maximum absolute atomic E-state index is 9.15. The summed E-state index contributed by atoms with van der Waals surface area (Å²) in [5.41, 5.74) is 1.37. The van der Waals surface area contributed by atoms with Gasteiger partial charge in [0.1, 0.15) is 11.9 Å². The van der Waals surface area contributed by atoms with Gasteiger partial charge in [-0.3, -0.25) is 0 Å². The van der Waals surface area contributed by atoms with Crippen molar-refractivity contribution in [2.24, 2.45) is 0 Å². The van der Waals surface area contributed by atoms with E-state index in [1.165, 1.54) is 0 Å². The first kappa shape index (κ1) is 10.8. The molecule has 0 aliphatic carbocycles. The smallest absolute Gasteiger partial charge is 0.167 e. The molecule has 86 valence electrons. The molecule has 1 unspecified atom stereocenters. The lowest BCUT2D eigenvalue weighted by atomic mass is 10.1. The van der Waals surface area contributed by atoms with Crippen LogP contribution in [-0.2, 0) is 0 Å². The molecule has 1 N–H and O–H groups in total. The second kappa shape index (κ2) is 4.13. The van der Waals surface area contributed by atoms with Gasteiger partial charge in [0.05, 0.1) is 5.52 Å². The fourth-order valence-corrected chi connectivity index (χ4v) is 2.89. The molecule has 0 saturated carbocycles. The highest BCUT2D eigenvalue weighted by Crippen LogP contribution is 2.28. The van der Waals surface area contributed by atoms with Gasteiger partial charge in [-0.25, -0.2) is 4.98 Å². The first-order valence-corrected chi connectivity index (χ1v) is 6.38. The molecule has 2 aromatic heterocycles. The van der Waals surface area contributed by atoms with Crippen LogP contribution in [0, 0.1) is 11.3 Å². The van der Waals surface area contributed by atoms with E-state index < -0.39 is 0 Å². The number of imidazole rings is 1. The normalized spacial score (nSPS) is 19.6. The third-order valence-electron chi connectivity index (χ3n) is 3.17. The molecule has 2 aromatic rings. The van der Waals surface area contributed by atoms with Crippen molar-refractivity contribution in [3.63, 3.8) is 0 Å². The zero-order valence-electron chi connectivity index (χ0n) is 9.15. The van der Waals surface area contributed by atoms with Gasteiger partial charge in [-0.1, -0.05) is 0 Å². The third kappa shape index (κ3) is 1.65. The number of nitrogens with one attached hydrogen (secondary N) is 1. The molecule has 1 atom stereocenters. The Balaban J connectivity index is 2.26. The van der Waals surface area contributed by atoms with Crippen molar-refractivity contribution in [1.82, 2.24) is 14.7 Å². The van der Waals surface area contributed by atoms with Crippen LogP contribution in [0.15, 0.2) is 22.8 Å². The molecule has 0 spiro atoms. The highest BCUT2D eigenvalue weighted by molar-refractivity contribution is 9.10. The van der Waals surface area contributed by atoms with Crippen molar-refractivity contribution < 1.29 is 0 Å². The van der Waals surface area contributed by atoms with Crippen molar-refractivity contribution in [2.75, 3.05) is 13.1 Å². The largest absolute Gasteiger partial charge is 0.316 e. The number of fused-ring (bicyclic) bond motifs is 1. The fourth-order valence-electron chi connectivity index (χ4n) is 2.36. The van der Waals surface area contributed by atoms with Crippen LogP contribution in [0.1, 0.15) is 23.9 Å². The van der Waals surface area contributed by atoms with Gasteiger partial charge in [0.25, 0.3) is 0 Å². The fraction of sp³-hybridized carbons (Fsp3) is 0.333. The summed E-state index contributed by atoms with van der Waals surface area (Å²) in [6.45, 7) is 1.96. The predicted molar refractivity (Wildman–Crippen MR) is 67.8 cm³/mol. The molecule has 4 nitrogen and oxygen atoms in total. The Morgan fingerprint density at radius 2 is 2.47 bits per heavy atom. The topological polar surface area (TPSA) is 53.1 Å². The van der Waals surface area contributed by atoms with Crippen LogP contribution >= 0.6 is 15.9 Å². The maximum Gasteiger partial charge on any atom is 0.167 e. The number of rotatable bonds is 1. The number of nitrogens with zero attached hydrogens (tertiary/aromatic N) is 3. The Labute approximate surface area is 107 Å². The second-order valence-corrected chi connectivity index (χ2v) is 5.05. The Kier molecular flexibility index (Phi) is 2.61. The van der Waals surface area contributed by atoms with Gasteiger partial charge in [0.15, 0.2) is 5.69 Å². The van der Waals surface area contributed by atoms with Gasteiger partial charge in [-0.2, -0.15) is 5.26 Å². The molecular formula is C12H11BrN4. The Morgan fingerprint density at radius 3 is 3.18 bits per heavy atom. The van der Waals surface area contributed by atoms with Crippen LogP contribution in [0.5, 0.6) is 0 Å². The summed E-state index contributed by atoms with van der Waals surface area (Å²) in [6.07, 6.45) is 3.05. The van der Waals surface area contributed by atoms with Gasteiger partial charge >= 0.3 is 0 Å². The molecule has 0 radical (unpaired) electrons. The lowest BCUT2D eigenvalue weighted by Gasteiger charge is -2.07. The van der Waals surface area contributed by atoms with E-state index in [-0.39, 0.29) is 0 Å². The van der Waals surface area contributed by atoms with E-state index in [0.29, 0.717) is 11.6 Å². The first-order valence-electron chi connectivity index (χ1n) is 5.58. The van der Waals surface area contributed by atoms with Crippen molar-refractivity contribution in [3.8, 4) is 6.07 Å². The molecule has 0 amide bonds. The zero-order valence-corrected chi connectivity index (χ0v) is 10.7. The molecule has 1 fully saturated rings. The Hall–Kier alpha value is -1.38.